The molecule has 1 aromatic heterocycles. The molecule has 0 fully saturated rings. The molecular weight excluding hydrogens is 328 g/mol. The van der Waals surface area contributed by atoms with Crippen LogP contribution in [0, 0.1) is 6.92 Å². The zero-order valence-electron chi connectivity index (χ0n) is 11.0. The van der Waals surface area contributed by atoms with Crippen molar-refractivity contribution in [3.8, 4) is 0 Å². The smallest absolute Gasteiger partial charge is 0.152 e. The molecule has 2 aromatic rings. The highest BCUT2D eigenvalue weighted by molar-refractivity contribution is 9.10. The van der Waals surface area contributed by atoms with Gasteiger partial charge in [0.25, 0.3) is 0 Å². The Morgan fingerprint density at radius 1 is 1.42 bits per heavy atom. The lowest BCUT2D eigenvalue weighted by Crippen LogP contribution is -2.08. The summed E-state index contributed by atoms with van der Waals surface area (Å²) in [6.07, 6.45) is 0. The van der Waals surface area contributed by atoms with Gasteiger partial charge in [-0.3, -0.25) is 0 Å². The van der Waals surface area contributed by atoms with Crippen LogP contribution in [-0.4, -0.2) is 9.78 Å². The number of benzene rings is 1. The molecule has 0 aliphatic rings. The van der Waals surface area contributed by atoms with Crippen LogP contribution in [0.5, 0.6) is 0 Å². The Bertz CT molecular complexity index is 607. The Kier molecular flexibility index (Phi) is 4.06. The quantitative estimate of drug-likeness (QED) is 0.862. The molecule has 19 heavy (non-hydrogen) atoms. The molecule has 0 saturated carbocycles. The number of nitrogens with zero attached hydrogens (tertiary/aromatic N) is 2. The van der Waals surface area contributed by atoms with Gasteiger partial charge in [-0.2, -0.15) is 5.10 Å². The minimum atomic E-state index is 0.226. The Balaban J connectivity index is 2.43. The molecular formula is C13H16BrClN4. The van der Waals surface area contributed by atoms with Crippen LogP contribution in [0.2, 0.25) is 5.02 Å². The van der Waals surface area contributed by atoms with Gasteiger partial charge in [0.2, 0.25) is 0 Å². The van der Waals surface area contributed by atoms with Gasteiger partial charge < -0.3 is 11.1 Å². The molecule has 0 saturated heterocycles. The van der Waals surface area contributed by atoms with E-state index in [1.807, 2.05) is 29.8 Å². The van der Waals surface area contributed by atoms with Crippen LogP contribution in [0.4, 0.5) is 17.2 Å². The maximum Gasteiger partial charge on any atom is 0.152 e. The van der Waals surface area contributed by atoms with Crippen molar-refractivity contribution in [2.24, 2.45) is 0 Å². The second kappa shape index (κ2) is 5.43. The van der Waals surface area contributed by atoms with Crippen molar-refractivity contribution in [1.82, 2.24) is 9.78 Å². The Hall–Kier alpha value is -1.20. The first-order valence-electron chi connectivity index (χ1n) is 5.96. The van der Waals surface area contributed by atoms with Crippen molar-refractivity contribution >= 4 is 44.7 Å². The van der Waals surface area contributed by atoms with Gasteiger partial charge in [0.1, 0.15) is 0 Å². The molecule has 1 heterocycles. The number of nitrogens with two attached hydrogens (primary N) is 1. The molecule has 0 spiro atoms. The van der Waals surface area contributed by atoms with E-state index in [9.17, 15) is 0 Å². The fourth-order valence-corrected chi connectivity index (χ4v) is 2.56. The number of anilines is 3. The van der Waals surface area contributed by atoms with Crippen molar-refractivity contribution in [2.75, 3.05) is 11.1 Å². The average molecular weight is 344 g/mol. The Morgan fingerprint density at radius 2 is 2.11 bits per heavy atom. The summed E-state index contributed by atoms with van der Waals surface area (Å²) in [7, 11) is 0. The predicted octanol–water partition coefficient (Wildman–Crippen LogP) is 4.51. The molecule has 0 bridgehead atoms. The molecule has 0 amide bonds. The molecule has 3 N–H and O–H groups in total. The zero-order chi connectivity index (χ0) is 14.2. The number of hydrogen-bond acceptors (Lipinski definition) is 3. The van der Waals surface area contributed by atoms with Crippen LogP contribution >= 0.6 is 27.5 Å². The first-order valence-corrected chi connectivity index (χ1v) is 7.14. The maximum atomic E-state index is 6.08. The van der Waals surface area contributed by atoms with Crippen molar-refractivity contribution in [1.29, 1.82) is 0 Å². The van der Waals surface area contributed by atoms with Crippen LogP contribution < -0.4 is 11.1 Å². The third-order valence-corrected chi connectivity index (χ3v) is 3.70. The van der Waals surface area contributed by atoms with Crippen LogP contribution in [0.1, 0.15) is 25.6 Å². The van der Waals surface area contributed by atoms with Crippen LogP contribution in [0.25, 0.3) is 0 Å². The third kappa shape index (κ3) is 2.87. The van der Waals surface area contributed by atoms with E-state index in [0.717, 1.165) is 21.7 Å². The van der Waals surface area contributed by atoms with Crippen molar-refractivity contribution in [2.45, 2.75) is 26.8 Å². The van der Waals surface area contributed by atoms with E-state index < -0.39 is 0 Å². The predicted molar refractivity (Wildman–Crippen MR) is 84.2 cm³/mol. The maximum absolute atomic E-state index is 6.08. The highest BCUT2D eigenvalue weighted by Gasteiger charge is 2.15. The first-order chi connectivity index (χ1) is 8.90. The minimum Gasteiger partial charge on any atom is -0.394 e. The second-order valence-electron chi connectivity index (χ2n) is 4.64. The molecule has 0 atom stereocenters. The van der Waals surface area contributed by atoms with Crippen LogP contribution in [0.15, 0.2) is 22.7 Å². The fourth-order valence-electron chi connectivity index (χ4n) is 1.78. The summed E-state index contributed by atoms with van der Waals surface area (Å²) >= 11 is 9.42. The molecule has 102 valence electrons. The summed E-state index contributed by atoms with van der Waals surface area (Å²) in [5, 5.41) is 8.43. The molecule has 1 aromatic carbocycles. The molecule has 0 aliphatic carbocycles. The van der Waals surface area contributed by atoms with E-state index in [1.165, 1.54) is 0 Å². The van der Waals surface area contributed by atoms with E-state index in [2.05, 4.69) is 40.2 Å². The zero-order valence-corrected chi connectivity index (χ0v) is 13.4. The summed E-state index contributed by atoms with van der Waals surface area (Å²) in [6, 6.07) is 5.79. The number of aromatic nitrogens is 2. The summed E-state index contributed by atoms with van der Waals surface area (Å²) in [6.45, 7) is 6.03. The lowest BCUT2D eigenvalue weighted by Gasteiger charge is -2.14. The van der Waals surface area contributed by atoms with Crippen molar-refractivity contribution < 1.29 is 0 Å². The number of halogens is 2. The van der Waals surface area contributed by atoms with Gasteiger partial charge in [-0.15, -0.1) is 0 Å². The van der Waals surface area contributed by atoms with Gasteiger partial charge in [0, 0.05) is 15.5 Å². The van der Waals surface area contributed by atoms with Gasteiger partial charge in [-0.25, -0.2) is 4.68 Å². The normalized spacial score (nSPS) is 11.1. The van der Waals surface area contributed by atoms with Gasteiger partial charge in [0.15, 0.2) is 5.82 Å². The highest BCUT2D eigenvalue weighted by atomic mass is 79.9. The molecule has 0 radical (unpaired) electrons. The van der Waals surface area contributed by atoms with Gasteiger partial charge in [-0.1, -0.05) is 11.6 Å². The van der Waals surface area contributed by atoms with Crippen LogP contribution in [-0.2, 0) is 0 Å². The van der Waals surface area contributed by atoms with Crippen LogP contribution in [0.3, 0.4) is 0 Å². The van der Waals surface area contributed by atoms with E-state index in [-0.39, 0.29) is 6.04 Å². The van der Waals surface area contributed by atoms with Crippen molar-refractivity contribution in [3.63, 3.8) is 0 Å². The molecule has 0 unspecified atom stereocenters. The number of rotatable bonds is 3. The minimum absolute atomic E-state index is 0.226. The first kappa shape index (κ1) is 14.2. The van der Waals surface area contributed by atoms with E-state index in [1.54, 1.807) is 0 Å². The molecule has 4 nitrogen and oxygen atoms in total. The summed E-state index contributed by atoms with van der Waals surface area (Å²) in [5.41, 5.74) is 8.47. The average Bonchev–Trinajstić information content (AvgIpc) is 2.61. The third-order valence-electron chi connectivity index (χ3n) is 2.81. The number of hydrogen-bond donors (Lipinski definition) is 2. The Morgan fingerprint density at radius 3 is 2.68 bits per heavy atom. The van der Waals surface area contributed by atoms with Gasteiger partial charge in [0.05, 0.1) is 17.1 Å². The molecule has 6 heteroatoms. The second-order valence-corrected chi connectivity index (χ2v) is 5.93. The largest absolute Gasteiger partial charge is 0.394 e. The lowest BCUT2D eigenvalue weighted by atomic mass is 10.3. The summed E-state index contributed by atoms with van der Waals surface area (Å²) < 4.78 is 2.76. The number of nitrogens with one attached hydrogen (secondary N) is 1. The summed E-state index contributed by atoms with van der Waals surface area (Å²) in [4.78, 5) is 0. The standard InChI is InChI=1S/C13H16BrClN4/c1-7(2)19-13(12(16)8(3)18-19)17-11-5-4-9(15)6-10(11)14/h4-7,17H,16H2,1-3H3. The molecule has 0 aliphatic heterocycles. The number of nitrogen functional groups attached to an aromatic ring is 1. The SMILES string of the molecule is Cc1nn(C(C)C)c(Nc2ccc(Cl)cc2Br)c1N. The van der Waals surface area contributed by atoms with Gasteiger partial charge >= 0.3 is 0 Å². The van der Waals surface area contributed by atoms with Crippen molar-refractivity contribution in [3.05, 3.63) is 33.4 Å². The monoisotopic (exact) mass is 342 g/mol. The summed E-state index contributed by atoms with van der Waals surface area (Å²) in [5.74, 6) is 0.801. The van der Waals surface area contributed by atoms with E-state index >= 15 is 0 Å². The highest BCUT2D eigenvalue weighted by Crippen LogP contribution is 2.33. The fraction of sp³-hybridized carbons (Fsp3) is 0.308. The lowest BCUT2D eigenvalue weighted by molar-refractivity contribution is 0.536. The van der Waals surface area contributed by atoms with E-state index in [0.29, 0.717) is 10.7 Å². The molecule has 2 rings (SSSR count). The topological polar surface area (TPSA) is 55.9 Å². The van der Waals surface area contributed by atoms with E-state index in [4.69, 9.17) is 17.3 Å². The number of aryl methyl sites for hydroxylation is 1. The van der Waals surface area contributed by atoms with Gasteiger partial charge in [-0.05, 0) is 54.9 Å². The Labute approximate surface area is 126 Å².